The van der Waals surface area contributed by atoms with E-state index in [9.17, 15) is 27.9 Å². The molecule has 2 atom stereocenters. The summed E-state index contributed by atoms with van der Waals surface area (Å²) in [6.45, 7) is 0.975. The summed E-state index contributed by atoms with van der Waals surface area (Å²) in [5.41, 5.74) is -0.0544. The van der Waals surface area contributed by atoms with Gasteiger partial charge in [-0.1, -0.05) is 12.2 Å². The molecule has 1 aromatic carbocycles. The molecule has 0 spiro atoms. The Morgan fingerprint density at radius 2 is 1.72 bits per heavy atom. The van der Waals surface area contributed by atoms with Gasteiger partial charge in [-0.2, -0.15) is 4.31 Å². The standard InChI is InChI=1S/C21H25N3O7S/c25-18-6-5-14(32(29,30)23-9-11-31-12-10-23)13-17(18)22-19(26)7-8-24-20(27)15-3-1-2-4-16(15)21(24)28/h1-2,5-6,13,15-16,25H,3-4,7-12H2,(H,22,26)/t15-,16-/m0/s1. The van der Waals surface area contributed by atoms with Crippen LogP contribution >= 0.6 is 0 Å². The number of anilines is 1. The first kappa shape index (κ1) is 22.4. The second kappa shape index (κ2) is 9.00. The van der Waals surface area contributed by atoms with E-state index >= 15 is 0 Å². The Bertz CT molecular complexity index is 1040. The van der Waals surface area contributed by atoms with Gasteiger partial charge in [-0.3, -0.25) is 19.3 Å². The number of amides is 3. The van der Waals surface area contributed by atoms with Gasteiger partial charge in [-0.15, -0.1) is 0 Å². The summed E-state index contributed by atoms with van der Waals surface area (Å²) < 4.78 is 32.1. The summed E-state index contributed by atoms with van der Waals surface area (Å²) in [6.07, 6.45) is 4.67. The average Bonchev–Trinajstić information content (AvgIpc) is 3.04. The lowest BCUT2D eigenvalue weighted by Crippen LogP contribution is -2.40. The fraction of sp³-hybridized carbons (Fsp3) is 0.476. The number of aromatic hydroxyl groups is 1. The molecule has 11 heteroatoms. The molecule has 0 saturated carbocycles. The van der Waals surface area contributed by atoms with Crippen molar-refractivity contribution in [2.45, 2.75) is 24.2 Å². The fourth-order valence-electron chi connectivity index (χ4n) is 4.23. The first-order valence-electron chi connectivity index (χ1n) is 10.5. The lowest BCUT2D eigenvalue weighted by Gasteiger charge is -2.26. The number of carbonyl (C=O) groups excluding carboxylic acids is 3. The van der Waals surface area contributed by atoms with Crippen molar-refractivity contribution in [2.24, 2.45) is 11.8 Å². The molecule has 32 heavy (non-hydrogen) atoms. The molecule has 1 aromatic rings. The minimum absolute atomic E-state index is 0.0544. The monoisotopic (exact) mass is 463 g/mol. The third-order valence-electron chi connectivity index (χ3n) is 6.01. The van der Waals surface area contributed by atoms with Crippen LogP contribution in [0, 0.1) is 11.8 Å². The van der Waals surface area contributed by atoms with Gasteiger partial charge >= 0.3 is 0 Å². The number of phenolic OH excluding ortho intramolecular Hbond substituents is 1. The third kappa shape index (κ3) is 4.27. The number of likely N-dealkylation sites (tertiary alicyclic amines) is 1. The fourth-order valence-corrected chi connectivity index (χ4v) is 5.66. The number of nitrogens with zero attached hydrogens (tertiary/aromatic N) is 2. The van der Waals surface area contributed by atoms with Crippen molar-refractivity contribution < 1.29 is 32.6 Å². The summed E-state index contributed by atoms with van der Waals surface area (Å²) in [5.74, 6) is -2.08. The summed E-state index contributed by atoms with van der Waals surface area (Å²) in [6, 6.07) is 3.67. The lowest BCUT2D eigenvalue weighted by molar-refractivity contribution is -0.140. The molecule has 2 heterocycles. The van der Waals surface area contributed by atoms with Crippen molar-refractivity contribution in [1.82, 2.24) is 9.21 Å². The van der Waals surface area contributed by atoms with Crippen LogP contribution < -0.4 is 5.32 Å². The number of benzene rings is 1. The van der Waals surface area contributed by atoms with Crippen LogP contribution in [-0.2, 0) is 29.1 Å². The van der Waals surface area contributed by atoms with Gasteiger partial charge in [-0.05, 0) is 31.0 Å². The van der Waals surface area contributed by atoms with E-state index < -0.39 is 15.9 Å². The maximum atomic E-state index is 12.8. The maximum absolute atomic E-state index is 12.8. The molecule has 0 bridgehead atoms. The molecule has 2 fully saturated rings. The molecule has 4 rings (SSSR count). The maximum Gasteiger partial charge on any atom is 0.243 e. The zero-order valence-corrected chi connectivity index (χ0v) is 18.2. The predicted molar refractivity (Wildman–Crippen MR) is 113 cm³/mol. The lowest BCUT2D eigenvalue weighted by atomic mass is 9.85. The van der Waals surface area contributed by atoms with E-state index in [2.05, 4.69) is 5.32 Å². The van der Waals surface area contributed by atoms with Crippen LogP contribution in [0.4, 0.5) is 5.69 Å². The number of carbonyl (C=O) groups is 3. The molecule has 3 amide bonds. The van der Waals surface area contributed by atoms with Gasteiger partial charge in [0.05, 0.1) is 35.6 Å². The van der Waals surface area contributed by atoms with Crippen LogP contribution in [0.15, 0.2) is 35.2 Å². The smallest absolute Gasteiger partial charge is 0.243 e. The van der Waals surface area contributed by atoms with E-state index in [-0.39, 0.29) is 66.0 Å². The SMILES string of the molecule is O=C(CCN1C(=O)[C@H]2CC=CC[C@@H]2C1=O)Nc1cc(S(=O)(=O)N2CCOCC2)ccc1O. The van der Waals surface area contributed by atoms with Crippen LogP contribution in [-0.4, -0.2) is 73.3 Å². The van der Waals surface area contributed by atoms with Gasteiger partial charge in [0.2, 0.25) is 27.7 Å². The molecule has 10 nitrogen and oxygen atoms in total. The van der Waals surface area contributed by atoms with Crippen LogP contribution in [0.5, 0.6) is 5.75 Å². The number of hydrogen-bond donors (Lipinski definition) is 2. The predicted octanol–water partition coefficient (Wildman–Crippen LogP) is 0.693. The Morgan fingerprint density at radius 1 is 1.09 bits per heavy atom. The summed E-state index contributed by atoms with van der Waals surface area (Å²) in [4.78, 5) is 38.5. The number of sulfonamides is 1. The van der Waals surface area contributed by atoms with Crippen LogP contribution in [0.2, 0.25) is 0 Å². The van der Waals surface area contributed by atoms with E-state index in [1.165, 1.54) is 22.5 Å². The highest BCUT2D eigenvalue weighted by Crippen LogP contribution is 2.35. The molecule has 2 aliphatic heterocycles. The van der Waals surface area contributed by atoms with Crippen molar-refractivity contribution in [3.05, 3.63) is 30.4 Å². The average molecular weight is 464 g/mol. The van der Waals surface area contributed by atoms with Gasteiger partial charge < -0.3 is 15.2 Å². The van der Waals surface area contributed by atoms with E-state index in [0.717, 1.165) is 4.90 Å². The first-order chi connectivity index (χ1) is 15.3. The van der Waals surface area contributed by atoms with E-state index in [1.807, 2.05) is 12.2 Å². The minimum Gasteiger partial charge on any atom is -0.506 e. The largest absolute Gasteiger partial charge is 0.506 e. The van der Waals surface area contributed by atoms with Gasteiger partial charge in [0.1, 0.15) is 5.75 Å². The normalized spacial score (nSPS) is 23.9. The van der Waals surface area contributed by atoms with Crippen molar-refractivity contribution in [1.29, 1.82) is 0 Å². The van der Waals surface area contributed by atoms with Gasteiger partial charge in [0.25, 0.3) is 0 Å². The number of hydrogen-bond acceptors (Lipinski definition) is 7. The number of phenols is 1. The highest BCUT2D eigenvalue weighted by Gasteiger charge is 2.46. The number of ether oxygens (including phenoxy) is 1. The second-order valence-corrected chi connectivity index (χ2v) is 9.92. The van der Waals surface area contributed by atoms with E-state index in [0.29, 0.717) is 26.1 Å². The molecule has 2 N–H and O–H groups in total. The first-order valence-corrected chi connectivity index (χ1v) is 11.9. The zero-order valence-electron chi connectivity index (χ0n) is 17.4. The molecule has 172 valence electrons. The Balaban J connectivity index is 1.41. The Labute approximate surface area is 185 Å². The van der Waals surface area contributed by atoms with Crippen LogP contribution in [0.3, 0.4) is 0 Å². The molecular formula is C21H25N3O7S. The van der Waals surface area contributed by atoms with Crippen molar-refractivity contribution in [3.8, 4) is 5.75 Å². The van der Waals surface area contributed by atoms with Crippen molar-refractivity contribution >= 4 is 33.4 Å². The second-order valence-electron chi connectivity index (χ2n) is 7.98. The van der Waals surface area contributed by atoms with E-state index in [4.69, 9.17) is 4.74 Å². The minimum atomic E-state index is -3.80. The van der Waals surface area contributed by atoms with Gasteiger partial charge in [0.15, 0.2) is 0 Å². The Kier molecular flexibility index (Phi) is 6.31. The highest BCUT2D eigenvalue weighted by atomic mass is 32.2. The molecule has 0 unspecified atom stereocenters. The van der Waals surface area contributed by atoms with Gasteiger partial charge in [0, 0.05) is 26.1 Å². The molecule has 1 aliphatic carbocycles. The molecule has 2 saturated heterocycles. The highest BCUT2D eigenvalue weighted by molar-refractivity contribution is 7.89. The molecule has 0 aromatic heterocycles. The topological polar surface area (TPSA) is 133 Å². The number of fused-ring (bicyclic) bond motifs is 1. The third-order valence-corrected chi connectivity index (χ3v) is 7.91. The summed E-state index contributed by atoms with van der Waals surface area (Å²) >= 11 is 0. The van der Waals surface area contributed by atoms with Crippen molar-refractivity contribution in [2.75, 3.05) is 38.2 Å². The number of rotatable bonds is 6. The number of allylic oxidation sites excluding steroid dienone is 2. The van der Waals surface area contributed by atoms with E-state index in [1.54, 1.807) is 0 Å². The quantitative estimate of drug-likeness (QED) is 0.360. The molecule has 3 aliphatic rings. The van der Waals surface area contributed by atoms with Gasteiger partial charge in [-0.25, -0.2) is 8.42 Å². The summed E-state index contributed by atoms with van der Waals surface area (Å²) in [5, 5.41) is 12.6. The van der Waals surface area contributed by atoms with Crippen molar-refractivity contribution in [3.63, 3.8) is 0 Å². The van der Waals surface area contributed by atoms with Crippen LogP contribution in [0.25, 0.3) is 0 Å². The zero-order chi connectivity index (χ0) is 22.9. The molecular weight excluding hydrogens is 438 g/mol. The number of imide groups is 1. The molecule has 0 radical (unpaired) electrons. The Morgan fingerprint density at radius 3 is 2.34 bits per heavy atom. The number of nitrogens with one attached hydrogen (secondary N) is 1. The summed E-state index contributed by atoms with van der Waals surface area (Å²) in [7, 11) is -3.80. The number of morpholine rings is 1. The Hall–Kier alpha value is -2.76. The van der Waals surface area contributed by atoms with Crippen LogP contribution in [0.1, 0.15) is 19.3 Å².